The number of hydrogen-bond donors (Lipinski definition) is 0. The molecule has 0 bridgehead atoms. The first kappa shape index (κ1) is 16.7. The average Bonchev–Trinajstić information content (AvgIpc) is 2.52. The van der Waals surface area contributed by atoms with Crippen LogP contribution >= 0.6 is 0 Å². The highest BCUT2D eigenvalue weighted by Gasteiger charge is 2.57. The molecule has 0 aromatic heterocycles. The van der Waals surface area contributed by atoms with E-state index in [9.17, 15) is 15.3 Å². The summed E-state index contributed by atoms with van der Waals surface area (Å²) in [5.74, 6) is -0.748. The second-order valence-electron chi connectivity index (χ2n) is 4.77. The SMILES string of the molecule is CCOC(=O)[C@](C#N)(COC)[C@](C)(C#N)c1ccccc1. The zero-order valence-electron chi connectivity index (χ0n) is 12.4. The van der Waals surface area contributed by atoms with Crippen LogP contribution in [-0.4, -0.2) is 26.3 Å². The number of esters is 1. The average molecular weight is 286 g/mol. The molecule has 0 aliphatic heterocycles. The van der Waals surface area contributed by atoms with Crippen LogP contribution in [-0.2, 0) is 19.7 Å². The van der Waals surface area contributed by atoms with E-state index >= 15 is 0 Å². The van der Waals surface area contributed by atoms with Gasteiger partial charge in [-0.15, -0.1) is 0 Å². The topological polar surface area (TPSA) is 83.1 Å². The van der Waals surface area contributed by atoms with Crippen LogP contribution in [0.3, 0.4) is 0 Å². The molecule has 0 spiro atoms. The zero-order chi connectivity index (χ0) is 15.9. The van der Waals surface area contributed by atoms with Gasteiger partial charge in [-0.3, -0.25) is 4.79 Å². The summed E-state index contributed by atoms with van der Waals surface area (Å²) < 4.78 is 10.1. The van der Waals surface area contributed by atoms with Gasteiger partial charge in [-0.2, -0.15) is 10.5 Å². The fraction of sp³-hybridized carbons (Fsp3) is 0.438. The van der Waals surface area contributed by atoms with E-state index < -0.39 is 16.8 Å². The van der Waals surface area contributed by atoms with Crippen molar-refractivity contribution >= 4 is 5.97 Å². The van der Waals surface area contributed by atoms with Gasteiger partial charge >= 0.3 is 5.97 Å². The summed E-state index contributed by atoms with van der Waals surface area (Å²) in [7, 11) is 1.38. The van der Waals surface area contributed by atoms with Crippen LogP contribution < -0.4 is 0 Å². The summed E-state index contributed by atoms with van der Waals surface area (Å²) in [6.45, 7) is 3.12. The van der Waals surface area contributed by atoms with Crippen LogP contribution in [0.4, 0.5) is 0 Å². The largest absolute Gasteiger partial charge is 0.465 e. The lowest BCUT2D eigenvalue weighted by Gasteiger charge is -2.36. The lowest BCUT2D eigenvalue weighted by atomic mass is 9.62. The third-order valence-electron chi connectivity index (χ3n) is 3.60. The minimum absolute atomic E-state index is 0.127. The summed E-state index contributed by atoms with van der Waals surface area (Å²) in [5.41, 5.74) is -2.54. The highest BCUT2D eigenvalue weighted by Crippen LogP contribution is 2.42. The molecule has 0 fully saturated rings. The zero-order valence-corrected chi connectivity index (χ0v) is 12.4. The van der Waals surface area contributed by atoms with Gasteiger partial charge < -0.3 is 9.47 Å². The molecule has 21 heavy (non-hydrogen) atoms. The molecule has 0 N–H and O–H groups in total. The Balaban J connectivity index is 3.52. The van der Waals surface area contributed by atoms with Gasteiger partial charge in [0.2, 0.25) is 0 Å². The van der Waals surface area contributed by atoms with E-state index in [1.54, 1.807) is 44.2 Å². The first-order valence-corrected chi connectivity index (χ1v) is 6.56. The van der Waals surface area contributed by atoms with Gasteiger partial charge in [-0.25, -0.2) is 0 Å². The quantitative estimate of drug-likeness (QED) is 0.748. The van der Waals surface area contributed by atoms with Crippen molar-refractivity contribution < 1.29 is 14.3 Å². The van der Waals surface area contributed by atoms with E-state index in [-0.39, 0.29) is 13.2 Å². The predicted octanol–water partition coefficient (Wildman–Crippen LogP) is 2.19. The predicted molar refractivity (Wildman–Crippen MR) is 76.0 cm³/mol. The highest BCUT2D eigenvalue weighted by molar-refractivity contribution is 5.84. The standard InChI is InChI=1S/C16H18N2O3/c1-4-21-14(19)16(11-18,12-20-3)15(2,10-17)13-8-6-5-7-9-13/h5-9H,4,12H2,1-3H3/t15-,16+/m1/s1. The Labute approximate surface area is 124 Å². The summed E-state index contributed by atoms with van der Waals surface area (Å²) in [6.07, 6.45) is 0. The van der Waals surface area contributed by atoms with Gasteiger partial charge in [0.1, 0.15) is 5.41 Å². The molecule has 0 saturated carbocycles. The highest BCUT2D eigenvalue weighted by atomic mass is 16.5. The van der Waals surface area contributed by atoms with Crippen molar-refractivity contribution in [3.8, 4) is 12.1 Å². The molecule has 2 atom stereocenters. The molecule has 0 unspecified atom stereocenters. The van der Waals surface area contributed by atoms with Crippen LogP contribution in [0.1, 0.15) is 19.4 Å². The van der Waals surface area contributed by atoms with Gasteiger partial charge in [-0.1, -0.05) is 30.3 Å². The molecule has 110 valence electrons. The Morgan fingerprint density at radius 3 is 2.29 bits per heavy atom. The van der Waals surface area contributed by atoms with Gasteiger partial charge in [0.15, 0.2) is 5.41 Å². The van der Waals surface area contributed by atoms with E-state index in [0.717, 1.165) is 0 Å². The molecule has 0 amide bonds. The van der Waals surface area contributed by atoms with Gasteiger partial charge in [-0.05, 0) is 19.4 Å². The lowest BCUT2D eigenvalue weighted by molar-refractivity contribution is -0.157. The maximum atomic E-state index is 12.4. The van der Waals surface area contributed by atoms with Crippen LogP contribution in [0, 0.1) is 28.1 Å². The summed E-state index contributed by atoms with van der Waals surface area (Å²) in [5, 5.41) is 19.3. The van der Waals surface area contributed by atoms with Crippen LogP contribution in [0.15, 0.2) is 30.3 Å². The second-order valence-corrected chi connectivity index (χ2v) is 4.77. The maximum Gasteiger partial charge on any atom is 0.330 e. The summed E-state index contributed by atoms with van der Waals surface area (Å²) in [4.78, 5) is 12.4. The number of ether oxygens (including phenoxy) is 2. The lowest BCUT2D eigenvalue weighted by Crippen LogP contribution is -2.51. The number of benzene rings is 1. The Hall–Kier alpha value is -2.37. The number of nitrogens with zero attached hydrogens (tertiary/aromatic N) is 2. The van der Waals surface area contributed by atoms with Gasteiger partial charge in [0.25, 0.3) is 0 Å². The Bertz CT molecular complexity index is 573. The first-order chi connectivity index (χ1) is 10.0. The van der Waals surface area contributed by atoms with E-state index in [1.165, 1.54) is 7.11 Å². The molecule has 1 rings (SSSR count). The molecule has 5 heteroatoms. The first-order valence-electron chi connectivity index (χ1n) is 6.56. The number of hydrogen-bond acceptors (Lipinski definition) is 5. The normalized spacial score (nSPS) is 15.9. The molecule has 0 heterocycles. The van der Waals surface area contributed by atoms with Crippen molar-refractivity contribution in [1.82, 2.24) is 0 Å². The summed E-state index contributed by atoms with van der Waals surface area (Å²) >= 11 is 0. The third-order valence-corrected chi connectivity index (χ3v) is 3.60. The number of rotatable bonds is 6. The minimum Gasteiger partial charge on any atom is -0.465 e. The van der Waals surface area contributed by atoms with Crippen LogP contribution in [0.5, 0.6) is 0 Å². The van der Waals surface area contributed by atoms with E-state index in [0.29, 0.717) is 5.56 Å². The summed E-state index contributed by atoms with van der Waals surface area (Å²) in [6, 6.07) is 12.8. The molecule has 1 aromatic rings. The van der Waals surface area contributed by atoms with Crippen molar-refractivity contribution in [1.29, 1.82) is 10.5 Å². The smallest absolute Gasteiger partial charge is 0.330 e. The molecule has 1 aromatic carbocycles. The molecule has 5 nitrogen and oxygen atoms in total. The monoisotopic (exact) mass is 286 g/mol. The second kappa shape index (κ2) is 6.88. The molecule has 0 saturated heterocycles. The van der Waals surface area contributed by atoms with Gasteiger partial charge in [0.05, 0.1) is 25.4 Å². The number of methoxy groups -OCH3 is 1. The fourth-order valence-corrected chi connectivity index (χ4v) is 2.25. The number of carbonyl (C=O) groups excluding carboxylic acids is 1. The van der Waals surface area contributed by atoms with E-state index in [2.05, 4.69) is 6.07 Å². The third kappa shape index (κ3) is 2.74. The van der Waals surface area contributed by atoms with Crippen LogP contribution in [0.2, 0.25) is 0 Å². The minimum atomic E-state index is -1.73. The van der Waals surface area contributed by atoms with Crippen molar-refractivity contribution in [2.24, 2.45) is 5.41 Å². The Morgan fingerprint density at radius 1 is 1.24 bits per heavy atom. The Kier molecular flexibility index (Phi) is 5.46. The molecule has 0 aliphatic carbocycles. The van der Waals surface area contributed by atoms with E-state index in [4.69, 9.17) is 9.47 Å². The van der Waals surface area contributed by atoms with Crippen molar-refractivity contribution in [3.63, 3.8) is 0 Å². The van der Waals surface area contributed by atoms with E-state index in [1.807, 2.05) is 6.07 Å². The van der Waals surface area contributed by atoms with Gasteiger partial charge in [0, 0.05) is 7.11 Å². The van der Waals surface area contributed by atoms with Crippen molar-refractivity contribution in [2.75, 3.05) is 20.3 Å². The molecule has 0 aliphatic rings. The molecular formula is C16H18N2O3. The van der Waals surface area contributed by atoms with Crippen molar-refractivity contribution in [2.45, 2.75) is 19.3 Å². The number of nitriles is 2. The maximum absolute atomic E-state index is 12.4. The van der Waals surface area contributed by atoms with Crippen LogP contribution in [0.25, 0.3) is 0 Å². The van der Waals surface area contributed by atoms with Crippen molar-refractivity contribution in [3.05, 3.63) is 35.9 Å². The molecule has 0 radical (unpaired) electrons. The fourth-order valence-electron chi connectivity index (χ4n) is 2.25. The molecular weight excluding hydrogens is 268 g/mol. The Morgan fingerprint density at radius 2 is 1.86 bits per heavy atom. The number of carbonyl (C=O) groups is 1.